The maximum atomic E-state index is 12.9. The average molecular weight is 388 g/mol. The monoisotopic (exact) mass is 387 g/mol. The summed E-state index contributed by atoms with van der Waals surface area (Å²) in [5.74, 6) is 1.69. The van der Waals surface area contributed by atoms with Gasteiger partial charge in [-0.2, -0.15) is 0 Å². The van der Waals surface area contributed by atoms with Crippen LogP contribution in [0.4, 0.5) is 0 Å². The van der Waals surface area contributed by atoms with Crippen molar-refractivity contribution in [3.05, 3.63) is 45.7 Å². The molecule has 2 heterocycles. The SMILES string of the molecule is CCC1c2ccsc2CCN1C(=O)/C=C/c1cc(OC)c(OC)c(OC)c1. The molecule has 0 saturated carbocycles. The van der Waals surface area contributed by atoms with Crippen molar-refractivity contribution >= 4 is 23.3 Å². The van der Waals surface area contributed by atoms with E-state index in [2.05, 4.69) is 18.4 Å². The largest absolute Gasteiger partial charge is 0.493 e. The van der Waals surface area contributed by atoms with Crippen molar-refractivity contribution in [2.45, 2.75) is 25.8 Å². The molecule has 1 aliphatic rings. The summed E-state index contributed by atoms with van der Waals surface area (Å²) in [6.07, 6.45) is 5.25. The third-order valence-electron chi connectivity index (χ3n) is 4.87. The van der Waals surface area contributed by atoms with Crippen molar-refractivity contribution in [2.24, 2.45) is 0 Å². The lowest BCUT2D eigenvalue weighted by Crippen LogP contribution is -2.38. The summed E-state index contributed by atoms with van der Waals surface area (Å²) < 4.78 is 16.1. The Kier molecular flexibility index (Phi) is 6.06. The number of fused-ring (bicyclic) bond motifs is 1. The second-order valence-electron chi connectivity index (χ2n) is 6.30. The summed E-state index contributed by atoms with van der Waals surface area (Å²) in [4.78, 5) is 16.2. The minimum absolute atomic E-state index is 0.0208. The van der Waals surface area contributed by atoms with E-state index in [4.69, 9.17) is 14.2 Å². The molecule has 0 N–H and O–H groups in total. The lowest BCUT2D eigenvalue weighted by atomic mass is 9.97. The summed E-state index contributed by atoms with van der Waals surface area (Å²) in [7, 11) is 4.72. The van der Waals surface area contributed by atoms with Crippen LogP contribution in [-0.2, 0) is 11.2 Å². The van der Waals surface area contributed by atoms with Crippen molar-refractivity contribution in [2.75, 3.05) is 27.9 Å². The number of carbonyl (C=O) groups excluding carboxylic acids is 1. The van der Waals surface area contributed by atoms with Crippen molar-refractivity contribution in [3.63, 3.8) is 0 Å². The van der Waals surface area contributed by atoms with Crippen LogP contribution in [0.5, 0.6) is 17.2 Å². The molecule has 0 radical (unpaired) electrons. The number of ether oxygens (including phenoxy) is 3. The van der Waals surface area contributed by atoms with Crippen molar-refractivity contribution in [1.82, 2.24) is 4.90 Å². The summed E-state index contributed by atoms with van der Waals surface area (Å²) in [6.45, 7) is 2.88. The van der Waals surface area contributed by atoms with Crippen LogP contribution in [0.3, 0.4) is 0 Å². The van der Waals surface area contributed by atoms with Gasteiger partial charge >= 0.3 is 0 Å². The molecule has 0 spiro atoms. The van der Waals surface area contributed by atoms with E-state index in [0.717, 1.165) is 24.9 Å². The standard InChI is InChI=1S/C21H25NO4S/c1-5-16-15-9-11-27-19(15)8-10-22(16)20(23)7-6-14-12-17(24-2)21(26-4)18(13-14)25-3/h6-7,9,11-13,16H,5,8,10H2,1-4H3/b7-6+. The molecule has 1 aromatic heterocycles. The summed E-state index contributed by atoms with van der Waals surface area (Å²) >= 11 is 1.78. The van der Waals surface area contributed by atoms with Crippen LogP contribution < -0.4 is 14.2 Å². The summed E-state index contributed by atoms with van der Waals surface area (Å²) in [6, 6.07) is 5.96. The number of amides is 1. The number of thiophene rings is 1. The van der Waals surface area contributed by atoms with Gasteiger partial charge in [0.2, 0.25) is 11.7 Å². The van der Waals surface area contributed by atoms with Gasteiger partial charge in [0.05, 0.1) is 27.4 Å². The van der Waals surface area contributed by atoms with Crippen molar-refractivity contribution < 1.29 is 19.0 Å². The molecule has 0 aliphatic carbocycles. The Morgan fingerprint density at radius 2 is 1.93 bits per heavy atom. The molecular weight excluding hydrogens is 362 g/mol. The second kappa shape index (κ2) is 8.48. The van der Waals surface area contributed by atoms with Gasteiger partial charge in [0, 0.05) is 17.5 Å². The smallest absolute Gasteiger partial charge is 0.247 e. The summed E-state index contributed by atoms with van der Waals surface area (Å²) in [5.41, 5.74) is 2.11. The average Bonchev–Trinajstić information content (AvgIpc) is 3.19. The Morgan fingerprint density at radius 3 is 2.52 bits per heavy atom. The zero-order valence-corrected chi connectivity index (χ0v) is 17.0. The number of rotatable bonds is 6. The molecule has 3 rings (SSSR count). The molecule has 144 valence electrons. The Bertz CT molecular complexity index is 817. The molecule has 1 atom stereocenters. The van der Waals surface area contributed by atoms with Crippen molar-refractivity contribution in [1.29, 1.82) is 0 Å². The highest BCUT2D eigenvalue weighted by Crippen LogP contribution is 2.39. The lowest BCUT2D eigenvalue weighted by Gasteiger charge is -2.34. The predicted molar refractivity (Wildman–Crippen MR) is 108 cm³/mol. The molecule has 2 aromatic rings. The molecule has 1 amide bonds. The van der Waals surface area contributed by atoms with Crippen LogP contribution in [0.15, 0.2) is 29.7 Å². The molecule has 1 aliphatic heterocycles. The molecule has 0 saturated heterocycles. The fourth-order valence-electron chi connectivity index (χ4n) is 3.56. The van der Waals surface area contributed by atoms with E-state index in [1.807, 2.05) is 17.0 Å². The summed E-state index contributed by atoms with van der Waals surface area (Å²) in [5, 5.41) is 2.12. The van der Waals surface area contributed by atoms with Gasteiger partial charge in [0.1, 0.15) is 0 Å². The molecular formula is C21H25NO4S. The normalized spacial score (nSPS) is 16.3. The first-order chi connectivity index (χ1) is 13.1. The Balaban J connectivity index is 1.83. The van der Waals surface area contributed by atoms with Crippen LogP contribution in [0, 0.1) is 0 Å². The van der Waals surface area contributed by atoms with E-state index >= 15 is 0 Å². The van der Waals surface area contributed by atoms with Gasteiger partial charge in [-0.3, -0.25) is 4.79 Å². The van der Waals surface area contributed by atoms with Gasteiger partial charge in [-0.1, -0.05) is 6.92 Å². The highest BCUT2D eigenvalue weighted by atomic mass is 32.1. The fraction of sp³-hybridized carbons (Fsp3) is 0.381. The van der Waals surface area contributed by atoms with Crippen LogP contribution in [0.1, 0.15) is 35.4 Å². The van der Waals surface area contributed by atoms with Gasteiger partial charge in [-0.25, -0.2) is 0 Å². The number of carbonyl (C=O) groups is 1. The third-order valence-corrected chi connectivity index (χ3v) is 5.87. The molecule has 1 unspecified atom stereocenters. The Hall–Kier alpha value is -2.47. The quantitative estimate of drug-likeness (QED) is 0.693. The zero-order valence-electron chi connectivity index (χ0n) is 16.2. The number of methoxy groups -OCH3 is 3. The highest BCUT2D eigenvalue weighted by Gasteiger charge is 2.29. The molecule has 1 aromatic carbocycles. The minimum Gasteiger partial charge on any atom is -0.493 e. The van der Waals surface area contributed by atoms with Crippen LogP contribution in [0.2, 0.25) is 0 Å². The van der Waals surface area contributed by atoms with E-state index in [-0.39, 0.29) is 11.9 Å². The lowest BCUT2D eigenvalue weighted by molar-refractivity contribution is -0.128. The van der Waals surface area contributed by atoms with E-state index in [0.29, 0.717) is 17.2 Å². The molecule has 0 bridgehead atoms. The van der Waals surface area contributed by atoms with E-state index in [1.165, 1.54) is 10.4 Å². The molecule has 0 fully saturated rings. The minimum atomic E-state index is 0.0208. The molecule has 6 heteroatoms. The maximum Gasteiger partial charge on any atom is 0.247 e. The first-order valence-electron chi connectivity index (χ1n) is 8.97. The van der Waals surface area contributed by atoms with Crippen molar-refractivity contribution in [3.8, 4) is 17.2 Å². The van der Waals surface area contributed by atoms with Crippen LogP contribution in [-0.4, -0.2) is 38.7 Å². The van der Waals surface area contributed by atoms with E-state index < -0.39 is 0 Å². The highest BCUT2D eigenvalue weighted by molar-refractivity contribution is 7.10. The number of hydrogen-bond donors (Lipinski definition) is 0. The second-order valence-corrected chi connectivity index (χ2v) is 7.30. The number of benzene rings is 1. The van der Waals surface area contributed by atoms with Crippen LogP contribution >= 0.6 is 11.3 Å². The maximum absolute atomic E-state index is 12.9. The van der Waals surface area contributed by atoms with Crippen LogP contribution in [0.25, 0.3) is 6.08 Å². The van der Waals surface area contributed by atoms with E-state index in [9.17, 15) is 4.79 Å². The van der Waals surface area contributed by atoms with Gasteiger partial charge < -0.3 is 19.1 Å². The Morgan fingerprint density at radius 1 is 1.22 bits per heavy atom. The van der Waals surface area contributed by atoms with Gasteiger partial charge in [-0.05, 0) is 53.6 Å². The van der Waals surface area contributed by atoms with Gasteiger partial charge in [0.25, 0.3) is 0 Å². The number of nitrogens with zero attached hydrogens (tertiary/aromatic N) is 1. The Labute approximate surface area is 164 Å². The molecule has 27 heavy (non-hydrogen) atoms. The zero-order chi connectivity index (χ0) is 19.4. The topological polar surface area (TPSA) is 48.0 Å². The van der Waals surface area contributed by atoms with Gasteiger partial charge in [-0.15, -0.1) is 11.3 Å². The predicted octanol–water partition coefficient (Wildman–Crippen LogP) is 4.32. The number of hydrogen-bond acceptors (Lipinski definition) is 5. The third kappa shape index (κ3) is 3.81. The first-order valence-corrected chi connectivity index (χ1v) is 9.85. The van der Waals surface area contributed by atoms with E-state index in [1.54, 1.807) is 44.8 Å². The molecule has 5 nitrogen and oxygen atoms in total. The van der Waals surface area contributed by atoms with Gasteiger partial charge in [0.15, 0.2) is 11.5 Å². The first kappa shape index (κ1) is 19.3. The fourth-order valence-corrected chi connectivity index (χ4v) is 4.49.